The van der Waals surface area contributed by atoms with Gasteiger partial charge in [-0.05, 0) is 70.3 Å². The molecule has 0 radical (unpaired) electrons. The predicted octanol–water partition coefficient (Wildman–Crippen LogP) is -4.23. The first-order valence-electron chi connectivity index (χ1n) is 23.9. The molecule has 1 heterocycles. The van der Waals surface area contributed by atoms with Crippen molar-refractivity contribution in [1.29, 1.82) is 0 Å². The van der Waals surface area contributed by atoms with Gasteiger partial charge < -0.3 is 80.4 Å². The molecule has 1 fully saturated rings. The van der Waals surface area contributed by atoms with Crippen molar-refractivity contribution in [2.45, 2.75) is 153 Å². The molecule has 1 saturated heterocycles. The number of nitrogens with one attached hydrogen (secondary N) is 7. The number of primary amides is 1. The fourth-order valence-electron chi connectivity index (χ4n) is 7.49. The Morgan fingerprint density at radius 1 is 0.622 bits per heavy atom. The van der Waals surface area contributed by atoms with E-state index in [-0.39, 0.29) is 57.6 Å². The van der Waals surface area contributed by atoms with E-state index in [1.165, 1.54) is 13.8 Å². The summed E-state index contributed by atoms with van der Waals surface area (Å²) in [6.07, 6.45) is -2.52. The number of nitrogens with zero attached hydrogens (tertiary/aromatic N) is 2. The predicted molar refractivity (Wildman–Crippen MR) is 262 cm³/mol. The molecule has 1 aromatic carbocycles. The van der Waals surface area contributed by atoms with Crippen molar-refractivity contribution in [2.24, 2.45) is 33.8 Å². The first-order valence-corrected chi connectivity index (χ1v) is 23.9. The maximum Gasteiger partial charge on any atom is 0.326 e. The van der Waals surface area contributed by atoms with E-state index in [2.05, 4.69) is 42.2 Å². The molecule has 1 aromatic rings. The number of carboxylic acid groups (broad SMARTS) is 3. The summed E-state index contributed by atoms with van der Waals surface area (Å²) in [5.41, 5.74) is 22.7. The minimum atomic E-state index is -1.62. The van der Waals surface area contributed by atoms with Crippen LogP contribution in [0.4, 0.5) is 0 Å². The summed E-state index contributed by atoms with van der Waals surface area (Å²) in [6.45, 7) is 5.71. The number of carboxylic acids is 3. The highest BCUT2D eigenvalue weighted by Gasteiger charge is 2.40. The van der Waals surface area contributed by atoms with Crippen LogP contribution in [0.1, 0.15) is 97.5 Å². The van der Waals surface area contributed by atoms with E-state index in [1.807, 2.05) is 0 Å². The lowest BCUT2D eigenvalue weighted by Gasteiger charge is -2.31. The van der Waals surface area contributed by atoms with Gasteiger partial charge in [-0.25, -0.2) is 4.79 Å². The van der Waals surface area contributed by atoms with Crippen LogP contribution in [0.3, 0.4) is 0 Å². The van der Waals surface area contributed by atoms with E-state index in [9.17, 15) is 67.7 Å². The van der Waals surface area contributed by atoms with Crippen LogP contribution in [-0.4, -0.2) is 165 Å². The zero-order valence-electron chi connectivity index (χ0n) is 41.8. The molecule has 410 valence electrons. The molecule has 9 atom stereocenters. The molecule has 9 amide bonds. The number of benzene rings is 1. The van der Waals surface area contributed by atoms with Gasteiger partial charge in [0, 0.05) is 38.8 Å². The monoisotopic (exact) mass is 1050 g/mol. The second-order valence-corrected chi connectivity index (χ2v) is 18.1. The number of nitrogens with two attached hydrogens (primary N) is 4. The van der Waals surface area contributed by atoms with Crippen LogP contribution in [-0.2, 0) is 64.0 Å². The number of carbonyl (C=O) groups is 12. The number of likely N-dealkylation sites (tertiary alicyclic amines) is 1. The average molecular weight is 1050 g/mol. The molecule has 0 saturated carbocycles. The van der Waals surface area contributed by atoms with E-state index >= 15 is 0 Å². The second kappa shape index (κ2) is 30.9. The average Bonchev–Trinajstić information content (AvgIpc) is 3.83. The number of hydrogen-bond acceptors (Lipinski definition) is 14. The molecule has 18 N–H and O–H groups in total. The molecular weight excluding hydrogens is 975 g/mol. The lowest BCUT2D eigenvalue weighted by atomic mass is 10.0. The normalized spacial score (nSPS) is 16.2. The van der Waals surface area contributed by atoms with Crippen LogP contribution < -0.4 is 60.2 Å². The zero-order chi connectivity index (χ0) is 55.8. The van der Waals surface area contributed by atoms with E-state index in [0.29, 0.717) is 12.0 Å². The standard InChI is InChI=1S/C46H71N13O15/c1-23(2)36(45(73)74)58-38(66)25(4)53-43(71)32-13-9-21-59(32)44(72)30(15-17-33(48)60)56-40(68)28(12-8-20-51-46(49)50)55-42(70)31(22-26-10-6-5-7-11-26)57-41(69)29(16-19-35(63)64)54-37(65)24(3)52-39(67)27(47)14-18-34(61)62/h5-7,10-11,23-25,27-32,36H,8-9,12-22,47H2,1-4H3,(H2,48,60)(H,52,67)(H,53,71)(H,54,65)(H,55,70)(H,56,68)(H,57,69)(H,58,66)(H,61,62)(H,63,64)(H,73,74)(H4,49,50,51)/t24-,25-,27-,28-,29-,30-,31-,32-,36-/m0/s1. The third kappa shape index (κ3) is 21.8. The van der Waals surface area contributed by atoms with Gasteiger partial charge in [-0.3, -0.25) is 57.7 Å². The van der Waals surface area contributed by atoms with Crippen LogP contribution in [0.15, 0.2) is 35.3 Å². The fraction of sp³-hybridized carbons (Fsp3) is 0.587. The molecule has 1 aliphatic rings. The lowest BCUT2D eigenvalue weighted by molar-refractivity contribution is -0.144. The summed E-state index contributed by atoms with van der Waals surface area (Å²) < 4.78 is 0. The van der Waals surface area contributed by atoms with Crippen molar-refractivity contribution >= 4 is 77.0 Å². The third-order valence-electron chi connectivity index (χ3n) is 11.6. The van der Waals surface area contributed by atoms with E-state index in [4.69, 9.17) is 28.0 Å². The van der Waals surface area contributed by atoms with Crippen LogP contribution in [0.2, 0.25) is 0 Å². The van der Waals surface area contributed by atoms with Crippen LogP contribution in [0.25, 0.3) is 0 Å². The highest BCUT2D eigenvalue weighted by Crippen LogP contribution is 2.21. The number of hydrogen-bond donors (Lipinski definition) is 14. The number of aliphatic imine (C=N–C) groups is 1. The molecule has 28 heteroatoms. The van der Waals surface area contributed by atoms with Gasteiger partial charge in [0.05, 0.1) is 6.04 Å². The Kier molecular flexibility index (Phi) is 25.9. The van der Waals surface area contributed by atoms with Gasteiger partial charge in [-0.15, -0.1) is 0 Å². The Bertz CT molecular complexity index is 2210. The van der Waals surface area contributed by atoms with Gasteiger partial charge in [0.25, 0.3) is 0 Å². The number of guanidine groups is 1. The minimum Gasteiger partial charge on any atom is -0.481 e. The number of amides is 9. The molecule has 28 nitrogen and oxygen atoms in total. The summed E-state index contributed by atoms with van der Waals surface area (Å²) in [6, 6.07) is -4.27. The summed E-state index contributed by atoms with van der Waals surface area (Å²) in [5.74, 6) is -12.6. The van der Waals surface area contributed by atoms with Crippen molar-refractivity contribution in [2.75, 3.05) is 13.1 Å². The van der Waals surface area contributed by atoms with E-state index < -0.39 is 157 Å². The van der Waals surface area contributed by atoms with Crippen molar-refractivity contribution in [3.63, 3.8) is 0 Å². The molecule has 0 aromatic heterocycles. The van der Waals surface area contributed by atoms with Gasteiger partial charge in [0.2, 0.25) is 53.2 Å². The second-order valence-electron chi connectivity index (χ2n) is 18.1. The quantitative estimate of drug-likeness (QED) is 0.0185. The molecule has 0 spiro atoms. The van der Waals surface area contributed by atoms with Crippen LogP contribution in [0, 0.1) is 5.92 Å². The lowest BCUT2D eigenvalue weighted by Crippen LogP contribution is -2.60. The molecule has 0 bridgehead atoms. The maximum absolute atomic E-state index is 14.4. The Labute approximate surface area is 426 Å². The maximum atomic E-state index is 14.4. The molecule has 1 aliphatic heterocycles. The van der Waals surface area contributed by atoms with E-state index in [1.54, 1.807) is 44.2 Å². The van der Waals surface area contributed by atoms with Gasteiger partial charge in [-0.2, -0.15) is 0 Å². The Balaban J connectivity index is 2.46. The smallest absolute Gasteiger partial charge is 0.326 e. The summed E-state index contributed by atoms with van der Waals surface area (Å²) in [5, 5.41) is 45.1. The number of rotatable bonds is 32. The third-order valence-corrected chi connectivity index (χ3v) is 11.6. The number of aliphatic carboxylic acids is 3. The Morgan fingerprint density at radius 3 is 1.70 bits per heavy atom. The highest BCUT2D eigenvalue weighted by atomic mass is 16.4. The molecular formula is C46H71N13O15. The largest absolute Gasteiger partial charge is 0.481 e. The Morgan fingerprint density at radius 2 is 1.14 bits per heavy atom. The summed E-state index contributed by atoms with van der Waals surface area (Å²) in [4.78, 5) is 161. The summed E-state index contributed by atoms with van der Waals surface area (Å²) in [7, 11) is 0. The zero-order valence-corrected chi connectivity index (χ0v) is 41.8. The van der Waals surface area contributed by atoms with Crippen LogP contribution in [0.5, 0.6) is 0 Å². The van der Waals surface area contributed by atoms with Crippen molar-refractivity contribution in [1.82, 2.24) is 42.1 Å². The molecule has 0 unspecified atom stereocenters. The molecule has 0 aliphatic carbocycles. The topological polar surface area (TPSA) is 469 Å². The van der Waals surface area contributed by atoms with Crippen LogP contribution >= 0.6 is 0 Å². The first-order chi connectivity index (χ1) is 34.7. The first kappa shape index (κ1) is 62.2. The SMILES string of the molecule is CC(C)[C@H](NC(=O)[C@H](C)NC(=O)[C@@H]1CCCN1C(=O)[C@H](CCC(N)=O)NC(=O)[C@H](CCCN=C(N)N)NC(=O)[C@H](Cc1ccccc1)NC(=O)[C@H](CCC(=O)O)NC(=O)[C@H](C)NC(=O)[C@@H](N)CCC(=O)O)C(=O)O. The molecule has 74 heavy (non-hydrogen) atoms. The minimum absolute atomic E-state index is 0.0125. The molecule has 2 rings (SSSR count). The van der Waals surface area contributed by atoms with Crippen molar-refractivity contribution in [3.05, 3.63) is 35.9 Å². The van der Waals surface area contributed by atoms with Gasteiger partial charge in [0.15, 0.2) is 5.96 Å². The Hall–Kier alpha value is -7.91. The summed E-state index contributed by atoms with van der Waals surface area (Å²) >= 11 is 0. The fourth-order valence-corrected chi connectivity index (χ4v) is 7.49. The van der Waals surface area contributed by atoms with Crippen molar-refractivity contribution < 1.29 is 72.9 Å². The van der Waals surface area contributed by atoms with Crippen molar-refractivity contribution in [3.8, 4) is 0 Å². The number of carbonyl (C=O) groups excluding carboxylic acids is 9. The van der Waals surface area contributed by atoms with Gasteiger partial charge in [-0.1, -0.05) is 44.2 Å². The van der Waals surface area contributed by atoms with Gasteiger partial charge >= 0.3 is 17.9 Å². The van der Waals surface area contributed by atoms with E-state index in [0.717, 1.165) is 4.90 Å². The van der Waals surface area contributed by atoms with Gasteiger partial charge in [0.1, 0.15) is 48.3 Å². The highest BCUT2D eigenvalue weighted by molar-refractivity contribution is 5.98.